The summed E-state index contributed by atoms with van der Waals surface area (Å²) in [5, 5.41) is 0. The molecule has 0 atom stereocenters. The van der Waals surface area contributed by atoms with E-state index in [2.05, 4.69) is 0 Å². The van der Waals surface area contributed by atoms with Gasteiger partial charge in [0.2, 0.25) is 0 Å². The molecule has 5 nitrogen and oxygen atoms in total. The quantitative estimate of drug-likeness (QED) is 0.748. The molecule has 1 fully saturated rings. The molecule has 1 aromatic carbocycles. The van der Waals surface area contributed by atoms with Crippen LogP contribution in [0.4, 0.5) is 4.79 Å². The fraction of sp³-hybridized carbons (Fsp3) is 0.600. The number of hydrogen-bond donors (Lipinski definition) is 0. The Morgan fingerprint density at radius 1 is 1.20 bits per heavy atom. The molecule has 2 rings (SSSR count). The molecule has 1 aromatic rings. The summed E-state index contributed by atoms with van der Waals surface area (Å²) >= 11 is 0. The molecule has 0 saturated carbocycles. The van der Waals surface area contributed by atoms with Crippen LogP contribution in [0.15, 0.2) is 18.2 Å². The SMILES string of the molecule is CC.Cc1ccc(OC2CCN(C(=O)OC(C)(C)C)CC2)c(C=O)c1. The molecule has 0 radical (unpaired) electrons. The fourth-order valence-electron chi connectivity index (χ4n) is 2.53. The molecule has 0 aromatic heterocycles. The molecule has 0 N–H and O–H groups in total. The van der Waals surface area contributed by atoms with Gasteiger partial charge >= 0.3 is 6.09 Å². The van der Waals surface area contributed by atoms with Crippen LogP contribution in [0.25, 0.3) is 0 Å². The first-order chi connectivity index (χ1) is 11.8. The summed E-state index contributed by atoms with van der Waals surface area (Å²) in [6.45, 7) is 12.7. The fourth-order valence-corrected chi connectivity index (χ4v) is 2.53. The van der Waals surface area contributed by atoms with E-state index >= 15 is 0 Å². The first kappa shape index (κ1) is 21.0. The van der Waals surface area contributed by atoms with E-state index < -0.39 is 5.60 Å². The number of hydrogen-bond acceptors (Lipinski definition) is 4. The Hall–Kier alpha value is -2.04. The van der Waals surface area contributed by atoms with E-state index in [1.807, 2.05) is 59.7 Å². The number of carbonyl (C=O) groups excluding carboxylic acids is 2. The molecule has 140 valence electrons. The van der Waals surface area contributed by atoms with E-state index in [0.29, 0.717) is 24.4 Å². The maximum absolute atomic E-state index is 12.0. The van der Waals surface area contributed by atoms with Gasteiger partial charge in [0, 0.05) is 25.9 Å². The number of carbonyl (C=O) groups is 2. The molecule has 1 amide bonds. The Morgan fingerprint density at radius 2 is 1.80 bits per heavy atom. The van der Waals surface area contributed by atoms with Crippen molar-refractivity contribution in [2.24, 2.45) is 0 Å². The Bertz CT molecular complexity index is 570. The normalized spacial score (nSPS) is 15.0. The monoisotopic (exact) mass is 349 g/mol. The van der Waals surface area contributed by atoms with Gasteiger partial charge in [-0.3, -0.25) is 4.79 Å². The Labute approximate surface area is 151 Å². The van der Waals surface area contributed by atoms with Crippen molar-refractivity contribution < 1.29 is 19.1 Å². The highest BCUT2D eigenvalue weighted by molar-refractivity contribution is 5.79. The highest BCUT2D eigenvalue weighted by Gasteiger charge is 2.27. The van der Waals surface area contributed by atoms with Gasteiger partial charge in [-0.2, -0.15) is 0 Å². The summed E-state index contributed by atoms with van der Waals surface area (Å²) in [5.41, 5.74) is 1.12. The van der Waals surface area contributed by atoms with Crippen molar-refractivity contribution in [1.82, 2.24) is 4.90 Å². The highest BCUT2D eigenvalue weighted by atomic mass is 16.6. The number of amides is 1. The van der Waals surface area contributed by atoms with E-state index in [1.165, 1.54) is 0 Å². The van der Waals surface area contributed by atoms with Crippen LogP contribution in [0.2, 0.25) is 0 Å². The van der Waals surface area contributed by atoms with Gasteiger partial charge in [-0.05, 0) is 39.8 Å². The van der Waals surface area contributed by atoms with Crippen molar-refractivity contribution in [3.63, 3.8) is 0 Å². The minimum Gasteiger partial charge on any atom is -0.490 e. The van der Waals surface area contributed by atoms with Crippen LogP contribution in [-0.4, -0.2) is 42.1 Å². The van der Waals surface area contributed by atoms with E-state index in [1.54, 1.807) is 4.90 Å². The minimum atomic E-state index is -0.481. The van der Waals surface area contributed by atoms with Crippen LogP contribution in [-0.2, 0) is 4.74 Å². The zero-order chi connectivity index (χ0) is 19.0. The summed E-state index contributed by atoms with van der Waals surface area (Å²) in [6.07, 6.45) is 2.00. The van der Waals surface area contributed by atoms with Crippen LogP contribution in [0.3, 0.4) is 0 Å². The second-order valence-corrected chi connectivity index (χ2v) is 6.94. The largest absolute Gasteiger partial charge is 0.490 e. The molecular formula is C20H31NO4. The van der Waals surface area contributed by atoms with Gasteiger partial charge in [0.1, 0.15) is 17.5 Å². The molecule has 1 heterocycles. The van der Waals surface area contributed by atoms with Crippen molar-refractivity contribution in [2.75, 3.05) is 13.1 Å². The predicted molar refractivity (Wildman–Crippen MR) is 99.4 cm³/mol. The summed E-state index contributed by atoms with van der Waals surface area (Å²) in [7, 11) is 0. The van der Waals surface area contributed by atoms with Crippen molar-refractivity contribution in [1.29, 1.82) is 0 Å². The van der Waals surface area contributed by atoms with Crippen molar-refractivity contribution >= 4 is 12.4 Å². The summed E-state index contributed by atoms with van der Waals surface area (Å²) in [4.78, 5) is 24.9. The summed E-state index contributed by atoms with van der Waals surface area (Å²) in [5.74, 6) is 0.612. The lowest BCUT2D eigenvalue weighted by atomic mass is 10.1. The number of likely N-dealkylation sites (tertiary alicyclic amines) is 1. The number of aldehydes is 1. The second-order valence-electron chi connectivity index (χ2n) is 6.94. The number of aryl methyl sites for hydroxylation is 1. The lowest BCUT2D eigenvalue weighted by Gasteiger charge is -2.33. The van der Waals surface area contributed by atoms with Crippen molar-refractivity contribution in [2.45, 2.75) is 66.1 Å². The van der Waals surface area contributed by atoms with Gasteiger partial charge in [0.15, 0.2) is 6.29 Å². The maximum atomic E-state index is 12.0. The van der Waals surface area contributed by atoms with Gasteiger partial charge in [-0.1, -0.05) is 25.5 Å². The molecule has 1 aliphatic rings. The Balaban J connectivity index is 0.00000151. The van der Waals surface area contributed by atoms with Gasteiger partial charge in [0.05, 0.1) is 5.56 Å². The van der Waals surface area contributed by atoms with Crippen LogP contribution in [0.1, 0.15) is 63.4 Å². The molecule has 0 spiro atoms. The Morgan fingerprint density at radius 3 is 2.32 bits per heavy atom. The summed E-state index contributed by atoms with van der Waals surface area (Å²) < 4.78 is 11.3. The maximum Gasteiger partial charge on any atom is 0.410 e. The molecule has 0 bridgehead atoms. The zero-order valence-corrected chi connectivity index (χ0v) is 16.3. The van der Waals surface area contributed by atoms with E-state index in [9.17, 15) is 9.59 Å². The summed E-state index contributed by atoms with van der Waals surface area (Å²) in [6, 6.07) is 5.58. The third-order valence-corrected chi connectivity index (χ3v) is 3.68. The molecule has 5 heteroatoms. The standard InChI is InChI=1S/C18H25NO4.C2H6/c1-13-5-6-16(14(11-13)12-20)22-15-7-9-19(10-8-15)17(21)23-18(2,3)4;1-2/h5-6,11-12,15H,7-10H2,1-4H3;1-2H3. The minimum absolute atomic E-state index is 0.00935. The highest BCUT2D eigenvalue weighted by Crippen LogP contribution is 2.24. The van der Waals surface area contributed by atoms with E-state index in [4.69, 9.17) is 9.47 Å². The predicted octanol–water partition coefficient (Wildman–Crippen LogP) is 4.61. The lowest BCUT2D eigenvalue weighted by molar-refractivity contribution is 0.0126. The number of piperidine rings is 1. The van der Waals surface area contributed by atoms with Gasteiger partial charge in [0.25, 0.3) is 0 Å². The first-order valence-electron chi connectivity index (χ1n) is 8.99. The second kappa shape index (κ2) is 9.44. The van der Waals surface area contributed by atoms with Crippen molar-refractivity contribution in [3.8, 4) is 5.75 Å². The van der Waals surface area contributed by atoms with E-state index in [0.717, 1.165) is 24.7 Å². The number of nitrogens with zero attached hydrogens (tertiary/aromatic N) is 1. The van der Waals surface area contributed by atoms with Crippen LogP contribution < -0.4 is 4.74 Å². The van der Waals surface area contributed by atoms with Crippen LogP contribution >= 0.6 is 0 Å². The number of benzene rings is 1. The third kappa shape index (κ3) is 6.77. The average Bonchev–Trinajstić information content (AvgIpc) is 2.57. The smallest absolute Gasteiger partial charge is 0.410 e. The third-order valence-electron chi connectivity index (χ3n) is 3.68. The zero-order valence-electron chi connectivity index (χ0n) is 16.3. The molecular weight excluding hydrogens is 318 g/mol. The van der Waals surface area contributed by atoms with Crippen LogP contribution in [0, 0.1) is 6.92 Å². The number of rotatable bonds is 3. The van der Waals surface area contributed by atoms with Gasteiger partial charge in [-0.15, -0.1) is 0 Å². The molecule has 1 saturated heterocycles. The molecule has 0 aliphatic carbocycles. The number of ether oxygens (including phenoxy) is 2. The van der Waals surface area contributed by atoms with Crippen LogP contribution in [0.5, 0.6) is 5.75 Å². The lowest BCUT2D eigenvalue weighted by Crippen LogP contribution is -2.44. The Kier molecular flexibility index (Phi) is 7.94. The first-order valence-corrected chi connectivity index (χ1v) is 8.99. The van der Waals surface area contributed by atoms with Gasteiger partial charge in [-0.25, -0.2) is 4.79 Å². The molecule has 1 aliphatic heterocycles. The van der Waals surface area contributed by atoms with Gasteiger partial charge < -0.3 is 14.4 Å². The molecule has 25 heavy (non-hydrogen) atoms. The van der Waals surface area contributed by atoms with E-state index in [-0.39, 0.29) is 12.2 Å². The average molecular weight is 349 g/mol. The van der Waals surface area contributed by atoms with Crippen molar-refractivity contribution in [3.05, 3.63) is 29.3 Å². The topological polar surface area (TPSA) is 55.8 Å². The molecule has 0 unspecified atom stereocenters.